The van der Waals surface area contributed by atoms with E-state index in [0.29, 0.717) is 6.54 Å². The molecule has 108 valence electrons. The Morgan fingerprint density at radius 2 is 2.30 bits per heavy atom. The van der Waals surface area contributed by atoms with Crippen LogP contribution in [-0.2, 0) is 17.1 Å². The highest BCUT2D eigenvalue weighted by Crippen LogP contribution is 2.36. The van der Waals surface area contributed by atoms with Crippen molar-refractivity contribution in [2.75, 3.05) is 12.3 Å². The Labute approximate surface area is 117 Å². The molecule has 1 unspecified atom stereocenters. The van der Waals surface area contributed by atoms with Gasteiger partial charge in [0.15, 0.2) is 10.8 Å². The first-order valence-corrected chi connectivity index (χ1v) is 7.87. The minimum absolute atomic E-state index is 0.0460. The fourth-order valence-corrected chi connectivity index (χ4v) is 4.63. The Hall–Kier alpha value is -1.80. The summed E-state index contributed by atoms with van der Waals surface area (Å²) >= 11 is 0. The van der Waals surface area contributed by atoms with Crippen LogP contribution in [0, 0.1) is 0 Å². The zero-order valence-corrected chi connectivity index (χ0v) is 12.0. The van der Waals surface area contributed by atoms with Crippen LogP contribution in [0.4, 0.5) is 5.82 Å². The monoisotopic (exact) mass is 295 g/mol. The van der Waals surface area contributed by atoms with E-state index in [1.807, 2.05) is 12.1 Å². The van der Waals surface area contributed by atoms with Gasteiger partial charge < -0.3 is 15.3 Å². The largest absolute Gasteiger partial charge is 0.381 e. The second-order valence-corrected chi connectivity index (χ2v) is 6.75. The molecule has 0 saturated carbocycles. The number of hydrogen-bond acceptors (Lipinski definition) is 4. The Balaban J connectivity index is 2.03. The molecule has 0 spiro atoms. The number of nitrogen functional groups attached to an aromatic ring is 1. The van der Waals surface area contributed by atoms with Gasteiger partial charge in [0, 0.05) is 25.5 Å². The van der Waals surface area contributed by atoms with Crippen LogP contribution in [0.5, 0.6) is 0 Å². The van der Waals surface area contributed by atoms with E-state index >= 15 is 0 Å². The number of nitrogens with two attached hydrogens (primary N) is 1. The summed E-state index contributed by atoms with van der Waals surface area (Å²) in [4.78, 5) is 6.96. The molecule has 0 radical (unpaired) electrons. The predicted octanol–water partition coefficient (Wildman–Crippen LogP) is 0.856. The molecule has 0 bridgehead atoms. The number of rotatable bonds is 3. The number of anilines is 1. The summed E-state index contributed by atoms with van der Waals surface area (Å²) < 4.78 is 28.6. The van der Waals surface area contributed by atoms with E-state index < -0.39 is 10.0 Å². The summed E-state index contributed by atoms with van der Waals surface area (Å²) in [6, 6.07) is 3.62. The van der Waals surface area contributed by atoms with Crippen molar-refractivity contribution in [2.24, 2.45) is 7.05 Å². The van der Waals surface area contributed by atoms with Gasteiger partial charge >= 0.3 is 0 Å². The van der Waals surface area contributed by atoms with E-state index in [1.54, 1.807) is 13.2 Å². The molecule has 0 amide bonds. The zero-order chi connectivity index (χ0) is 14.3. The third-order valence-corrected chi connectivity index (χ3v) is 5.69. The molecule has 3 rings (SSSR count). The molecule has 1 fully saturated rings. The van der Waals surface area contributed by atoms with Crippen molar-refractivity contribution in [1.29, 1.82) is 0 Å². The molecule has 3 heterocycles. The van der Waals surface area contributed by atoms with Gasteiger partial charge in [-0.05, 0) is 25.0 Å². The third-order valence-electron chi connectivity index (χ3n) is 3.65. The maximum Gasteiger partial charge on any atom is 0.263 e. The molecule has 1 aliphatic rings. The van der Waals surface area contributed by atoms with Gasteiger partial charge in [0.05, 0.1) is 12.4 Å². The summed E-state index contributed by atoms with van der Waals surface area (Å²) in [6.45, 7) is 0.497. The molecule has 2 aromatic rings. The minimum Gasteiger partial charge on any atom is -0.381 e. The van der Waals surface area contributed by atoms with E-state index in [4.69, 9.17) is 5.73 Å². The van der Waals surface area contributed by atoms with Crippen molar-refractivity contribution in [2.45, 2.75) is 23.9 Å². The van der Waals surface area contributed by atoms with Crippen LogP contribution >= 0.6 is 0 Å². The van der Waals surface area contributed by atoms with Crippen molar-refractivity contribution in [3.8, 4) is 0 Å². The van der Waals surface area contributed by atoms with Crippen molar-refractivity contribution >= 4 is 15.8 Å². The molecular formula is C12H17N5O2S. The van der Waals surface area contributed by atoms with Crippen LogP contribution in [0.15, 0.2) is 29.7 Å². The quantitative estimate of drug-likeness (QED) is 0.877. The number of aromatic nitrogens is 3. The number of nitrogens with one attached hydrogen (secondary N) is 1. The number of nitrogens with zero attached hydrogens (tertiary/aromatic N) is 3. The first-order chi connectivity index (χ1) is 9.51. The molecule has 0 aromatic carbocycles. The average molecular weight is 295 g/mol. The van der Waals surface area contributed by atoms with Gasteiger partial charge in [-0.2, -0.15) is 4.31 Å². The molecular weight excluding hydrogens is 278 g/mol. The Morgan fingerprint density at radius 3 is 2.90 bits per heavy atom. The lowest BCUT2D eigenvalue weighted by Gasteiger charge is -2.23. The highest BCUT2D eigenvalue weighted by Gasteiger charge is 2.39. The maximum absolute atomic E-state index is 12.8. The highest BCUT2D eigenvalue weighted by molar-refractivity contribution is 7.89. The normalized spacial score (nSPS) is 20.6. The molecule has 7 nitrogen and oxygen atoms in total. The number of imidazole rings is 1. The molecule has 2 aromatic heterocycles. The fourth-order valence-electron chi connectivity index (χ4n) is 2.75. The van der Waals surface area contributed by atoms with Crippen LogP contribution in [0.3, 0.4) is 0 Å². The van der Waals surface area contributed by atoms with Gasteiger partial charge in [-0.15, -0.1) is 0 Å². The van der Waals surface area contributed by atoms with Crippen LogP contribution in [0.25, 0.3) is 0 Å². The third kappa shape index (κ3) is 1.92. The summed E-state index contributed by atoms with van der Waals surface area (Å²) in [7, 11) is -2.01. The predicted molar refractivity (Wildman–Crippen MR) is 74.3 cm³/mol. The number of hydrogen-bond donors (Lipinski definition) is 2. The fraction of sp³-hybridized carbons (Fsp3) is 0.417. The van der Waals surface area contributed by atoms with Crippen LogP contribution in [0.1, 0.15) is 24.6 Å². The van der Waals surface area contributed by atoms with Gasteiger partial charge in [-0.25, -0.2) is 13.4 Å². The van der Waals surface area contributed by atoms with Gasteiger partial charge in [-0.3, -0.25) is 0 Å². The van der Waals surface area contributed by atoms with Crippen molar-refractivity contribution in [3.63, 3.8) is 0 Å². The maximum atomic E-state index is 12.8. The van der Waals surface area contributed by atoms with E-state index in [2.05, 4.69) is 9.97 Å². The van der Waals surface area contributed by atoms with Crippen molar-refractivity contribution < 1.29 is 8.42 Å². The molecule has 0 aliphatic carbocycles. The average Bonchev–Trinajstić information content (AvgIpc) is 3.08. The van der Waals surface area contributed by atoms with Gasteiger partial charge in [0.1, 0.15) is 0 Å². The lowest BCUT2D eigenvalue weighted by atomic mass is 10.2. The molecule has 20 heavy (non-hydrogen) atoms. The van der Waals surface area contributed by atoms with E-state index in [0.717, 1.165) is 18.5 Å². The lowest BCUT2D eigenvalue weighted by Crippen LogP contribution is -2.32. The number of sulfonamides is 1. The molecule has 8 heteroatoms. The number of aromatic amines is 1. The first-order valence-electron chi connectivity index (χ1n) is 6.43. The van der Waals surface area contributed by atoms with E-state index in [9.17, 15) is 8.42 Å². The SMILES string of the molecule is Cn1cnc(N)c1S(=O)(=O)N1CCCC1c1ccc[nH]1. The second-order valence-electron chi connectivity index (χ2n) is 4.95. The summed E-state index contributed by atoms with van der Waals surface area (Å²) in [5, 5.41) is 0.0657. The standard InChI is InChI=1S/C12H17N5O2S/c1-16-8-15-11(13)12(16)20(18,19)17-7-3-5-10(17)9-4-2-6-14-9/h2,4,6,8,10,14H,3,5,7,13H2,1H3. The van der Waals surface area contributed by atoms with Crippen LogP contribution < -0.4 is 5.73 Å². The van der Waals surface area contributed by atoms with Gasteiger partial charge in [0.2, 0.25) is 0 Å². The topological polar surface area (TPSA) is 97.0 Å². The minimum atomic E-state index is -3.64. The summed E-state index contributed by atoms with van der Waals surface area (Å²) in [5.41, 5.74) is 6.62. The van der Waals surface area contributed by atoms with Gasteiger partial charge in [-0.1, -0.05) is 0 Å². The van der Waals surface area contributed by atoms with Crippen molar-refractivity contribution in [3.05, 3.63) is 30.4 Å². The van der Waals surface area contributed by atoms with Crippen molar-refractivity contribution in [1.82, 2.24) is 18.8 Å². The highest BCUT2D eigenvalue weighted by atomic mass is 32.2. The van der Waals surface area contributed by atoms with E-state index in [1.165, 1.54) is 15.2 Å². The second kappa shape index (κ2) is 4.64. The number of aryl methyl sites for hydroxylation is 1. The summed E-state index contributed by atoms with van der Waals surface area (Å²) in [5.74, 6) is 0.0460. The van der Waals surface area contributed by atoms with Crippen LogP contribution in [0.2, 0.25) is 0 Å². The molecule has 1 atom stereocenters. The Morgan fingerprint density at radius 1 is 1.50 bits per heavy atom. The van der Waals surface area contributed by atoms with Gasteiger partial charge in [0.25, 0.3) is 10.0 Å². The van der Waals surface area contributed by atoms with E-state index in [-0.39, 0.29) is 16.9 Å². The summed E-state index contributed by atoms with van der Waals surface area (Å²) in [6.07, 6.45) is 4.86. The number of H-pyrrole nitrogens is 1. The first kappa shape index (κ1) is 13.2. The molecule has 1 saturated heterocycles. The Kier molecular flexibility index (Phi) is 3.06. The van der Waals surface area contributed by atoms with Crippen LogP contribution in [-0.4, -0.2) is 33.8 Å². The Bertz CT molecular complexity index is 685. The zero-order valence-electron chi connectivity index (χ0n) is 11.2. The molecule has 3 N–H and O–H groups in total. The molecule has 1 aliphatic heterocycles. The smallest absolute Gasteiger partial charge is 0.263 e. The lowest BCUT2D eigenvalue weighted by molar-refractivity contribution is 0.388.